The van der Waals surface area contributed by atoms with Crippen LogP contribution >= 0.6 is 0 Å². The lowest BCUT2D eigenvalue weighted by Gasteiger charge is -2.21. The minimum Gasteiger partial charge on any atom is -0.309 e. The highest BCUT2D eigenvalue weighted by Crippen LogP contribution is 2.54. The standard InChI is InChI=1S/C48H33N5/c1-48(2)38-21-11-9-19-33(38)46-44(48)37-28-36-35-27-31(39-22-13-14-26-49-39)24-25-41(35)53(42(36)29-43(37)52(46)32-17-7-4-8-18-32)47-50-40-23-12-10-20-34(40)45(51-47)30-15-5-3-6-16-30/h3-29H,1-2H3. The van der Waals surface area contributed by atoms with Gasteiger partial charge in [0.05, 0.1) is 39.1 Å². The van der Waals surface area contributed by atoms with Gasteiger partial charge in [0.25, 0.3) is 0 Å². The molecule has 1 aliphatic carbocycles. The average molecular weight is 680 g/mol. The molecule has 11 rings (SSSR count). The number of fused-ring (bicyclic) bond motifs is 9. The predicted octanol–water partition coefficient (Wildman–Crippen LogP) is 11.7. The van der Waals surface area contributed by atoms with Crippen LogP contribution in [0.25, 0.3) is 89.0 Å². The summed E-state index contributed by atoms with van der Waals surface area (Å²) < 4.78 is 4.73. The third-order valence-electron chi connectivity index (χ3n) is 11.1. The highest BCUT2D eigenvalue weighted by molar-refractivity contribution is 6.16. The van der Waals surface area contributed by atoms with Crippen molar-refractivity contribution in [3.05, 3.63) is 175 Å². The molecule has 10 aromatic rings. The number of para-hydroxylation sites is 2. The molecule has 4 heterocycles. The summed E-state index contributed by atoms with van der Waals surface area (Å²) in [6.45, 7) is 4.74. The number of pyridine rings is 1. The molecular weight excluding hydrogens is 647 g/mol. The highest BCUT2D eigenvalue weighted by atomic mass is 15.2. The van der Waals surface area contributed by atoms with Gasteiger partial charge in [-0.15, -0.1) is 0 Å². The molecule has 4 aromatic heterocycles. The molecule has 1 aliphatic rings. The fourth-order valence-electron chi connectivity index (χ4n) is 8.79. The molecule has 53 heavy (non-hydrogen) atoms. The van der Waals surface area contributed by atoms with Crippen LogP contribution in [0, 0.1) is 0 Å². The van der Waals surface area contributed by atoms with E-state index in [9.17, 15) is 0 Å². The molecule has 6 aromatic carbocycles. The normalized spacial score (nSPS) is 13.2. The Morgan fingerprint density at radius 2 is 1.23 bits per heavy atom. The number of hydrogen-bond acceptors (Lipinski definition) is 3. The molecule has 0 unspecified atom stereocenters. The third-order valence-corrected chi connectivity index (χ3v) is 11.1. The number of hydrogen-bond donors (Lipinski definition) is 0. The molecule has 0 radical (unpaired) electrons. The Kier molecular flexibility index (Phi) is 6.23. The lowest BCUT2D eigenvalue weighted by molar-refractivity contribution is 0.666. The van der Waals surface area contributed by atoms with E-state index >= 15 is 0 Å². The summed E-state index contributed by atoms with van der Waals surface area (Å²) >= 11 is 0. The molecule has 5 nitrogen and oxygen atoms in total. The molecule has 0 saturated heterocycles. The lowest BCUT2D eigenvalue weighted by atomic mass is 9.81. The first-order chi connectivity index (χ1) is 26.1. The fourth-order valence-corrected chi connectivity index (χ4v) is 8.79. The molecule has 0 aliphatic heterocycles. The van der Waals surface area contributed by atoms with Crippen molar-refractivity contribution < 1.29 is 0 Å². The summed E-state index contributed by atoms with van der Waals surface area (Å²) in [4.78, 5) is 15.4. The average Bonchev–Trinajstić information content (AvgIpc) is 3.80. The van der Waals surface area contributed by atoms with Crippen molar-refractivity contribution in [2.24, 2.45) is 0 Å². The summed E-state index contributed by atoms with van der Waals surface area (Å²) in [6.07, 6.45) is 1.86. The largest absolute Gasteiger partial charge is 0.309 e. The summed E-state index contributed by atoms with van der Waals surface area (Å²) in [5, 5.41) is 4.57. The summed E-state index contributed by atoms with van der Waals surface area (Å²) in [5.74, 6) is 0.642. The smallest absolute Gasteiger partial charge is 0.235 e. The van der Waals surface area contributed by atoms with Gasteiger partial charge < -0.3 is 4.57 Å². The van der Waals surface area contributed by atoms with E-state index in [2.05, 4.69) is 163 Å². The maximum atomic E-state index is 5.39. The zero-order valence-corrected chi connectivity index (χ0v) is 29.3. The van der Waals surface area contributed by atoms with Gasteiger partial charge >= 0.3 is 0 Å². The van der Waals surface area contributed by atoms with E-state index in [0.29, 0.717) is 5.95 Å². The molecule has 0 spiro atoms. The second-order valence-electron chi connectivity index (χ2n) is 14.5. The Bertz CT molecular complexity index is 3060. The SMILES string of the molecule is CC1(C)c2ccccc2-c2c1c1cc3c4cc(-c5ccccn5)ccc4n(-c4nc(-c5ccccc5)c5ccccc5n4)c3cc1n2-c1ccccc1. The Balaban J connectivity index is 1.30. The van der Waals surface area contributed by atoms with Gasteiger partial charge in [-0.1, -0.05) is 117 Å². The van der Waals surface area contributed by atoms with Crippen LogP contribution < -0.4 is 0 Å². The van der Waals surface area contributed by atoms with E-state index in [-0.39, 0.29) is 5.41 Å². The first-order valence-corrected chi connectivity index (χ1v) is 18.1. The molecular formula is C48H33N5. The van der Waals surface area contributed by atoms with Crippen LogP contribution in [0.3, 0.4) is 0 Å². The zero-order valence-electron chi connectivity index (χ0n) is 29.3. The number of rotatable bonds is 4. The Hall–Kier alpha value is -6.85. The van der Waals surface area contributed by atoms with Gasteiger partial charge in [0.1, 0.15) is 0 Å². The fraction of sp³-hybridized carbons (Fsp3) is 0.0625. The van der Waals surface area contributed by atoms with Gasteiger partial charge in [-0.3, -0.25) is 9.55 Å². The summed E-state index contributed by atoms with van der Waals surface area (Å²) in [5.41, 5.74) is 14.4. The first kappa shape index (κ1) is 29.8. The van der Waals surface area contributed by atoms with E-state index < -0.39 is 0 Å². The van der Waals surface area contributed by atoms with Crippen LogP contribution in [0.5, 0.6) is 0 Å². The topological polar surface area (TPSA) is 48.5 Å². The Morgan fingerprint density at radius 3 is 2.06 bits per heavy atom. The van der Waals surface area contributed by atoms with Gasteiger partial charge in [-0.25, -0.2) is 9.97 Å². The van der Waals surface area contributed by atoms with Crippen LogP contribution in [-0.4, -0.2) is 24.1 Å². The molecule has 0 fully saturated rings. The van der Waals surface area contributed by atoms with E-state index in [1.165, 1.54) is 27.8 Å². The van der Waals surface area contributed by atoms with Gasteiger partial charge in [-0.05, 0) is 65.7 Å². The Labute approximate surface area is 306 Å². The van der Waals surface area contributed by atoms with Gasteiger partial charge in [-0.2, -0.15) is 0 Å². The molecule has 0 atom stereocenters. The van der Waals surface area contributed by atoms with Crippen LogP contribution in [0.4, 0.5) is 0 Å². The molecule has 250 valence electrons. The number of nitrogens with zero attached hydrogens (tertiary/aromatic N) is 5. The maximum Gasteiger partial charge on any atom is 0.235 e. The second kappa shape index (κ2) is 11.1. The summed E-state index contributed by atoms with van der Waals surface area (Å²) in [7, 11) is 0. The minimum absolute atomic E-state index is 0.193. The van der Waals surface area contributed by atoms with E-state index in [1.54, 1.807) is 0 Å². The molecule has 0 amide bonds. The van der Waals surface area contributed by atoms with Crippen LogP contribution in [0.2, 0.25) is 0 Å². The van der Waals surface area contributed by atoms with Crippen molar-refractivity contribution in [1.82, 2.24) is 24.1 Å². The van der Waals surface area contributed by atoms with Crippen molar-refractivity contribution in [1.29, 1.82) is 0 Å². The number of benzene rings is 6. The molecule has 0 saturated carbocycles. The molecule has 0 bridgehead atoms. The monoisotopic (exact) mass is 679 g/mol. The van der Waals surface area contributed by atoms with Crippen molar-refractivity contribution in [2.75, 3.05) is 0 Å². The van der Waals surface area contributed by atoms with Gasteiger partial charge in [0, 0.05) is 55.5 Å². The minimum atomic E-state index is -0.193. The van der Waals surface area contributed by atoms with E-state index in [0.717, 1.165) is 66.4 Å². The van der Waals surface area contributed by atoms with Crippen molar-refractivity contribution in [2.45, 2.75) is 19.3 Å². The van der Waals surface area contributed by atoms with Crippen LogP contribution in [0.15, 0.2) is 164 Å². The highest BCUT2D eigenvalue weighted by Gasteiger charge is 2.40. The molecule has 5 heteroatoms. The second-order valence-corrected chi connectivity index (χ2v) is 14.5. The predicted molar refractivity (Wildman–Crippen MR) is 217 cm³/mol. The lowest BCUT2D eigenvalue weighted by Crippen LogP contribution is -2.14. The van der Waals surface area contributed by atoms with E-state index in [4.69, 9.17) is 15.0 Å². The van der Waals surface area contributed by atoms with Gasteiger partial charge in [0.15, 0.2) is 0 Å². The van der Waals surface area contributed by atoms with Gasteiger partial charge in [0.2, 0.25) is 5.95 Å². The Morgan fingerprint density at radius 1 is 0.509 bits per heavy atom. The third kappa shape index (κ3) is 4.28. The van der Waals surface area contributed by atoms with Crippen LogP contribution in [0.1, 0.15) is 25.0 Å². The number of aromatic nitrogens is 5. The van der Waals surface area contributed by atoms with E-state index in [1.807, 2.05) is 24.4 Å². The van der Waals surface area contributed by atoms with Crippen molar-refractivity contribution in [3.63, 3.8) is 0 Å². The molecule has 0 N–H and O–H groups in total. The first-order valence-electron chi connectivity index (χ1n) is 18.1. The zero-order chi connectivity index (χ0) is 35.3. The maximum absolute atomic E-state index is 5.39. The quantitative estimate of drug-likeness (QED) is 0.186. The van der Waals surface area contributed by atoms with Crippen molar-refractivity contribution in [3.8, 4) is 45.4 Å². The van der Waals surface area contributed by atoms with Crippen molar-refractivity contribution >= 4 is 43.6 Å². The summed E-state index contributed by atoms with van der Waals surface area (Å²) in [6, 6.07) is 56.0. The van der Waals surface area contributed by atoms with Crippen LogP contribution in [-0.2, 0) is 5.41 Å².